The summed E-state index contributed by atoms with van der Waals surface area (Å²) in [5.74, 6) is 0.316. The summed E-state index contributed by atoms with van der Waals surface area (Å²) in [6.07, 6.45) is 0.920. The van der Waals surface area contributed by atoms with Gasteiger partial charge in [0.05, 0.1) is 16.0 Å². The molecule has 1 amide bonds. The molecule has 3 nitrogen and oxygen atoms in total. The Bertz CT molecular complexity index is 485. The van der Waals surface area contributed by atoms with E-state index in [0.29, 0.717) is 16.6 Å². The van der Waals surface area contributed by atoms with E-state index in [9.17, 15) is 4.79 Å². The molecule has 20 heavy (non-hydrogen) atoms. The molecule has 5 heteroatoms. The SMILES string of the molecule is CC(C)N(Cc1ccc(Cl)c(Cl)c1)C(=O)C1CCNC1. The fourth-order valence-corrected chi connectivity index (χ4v) is 2.77. The highest BCUT2D eigenvalue weighted by Crippen LogP contribution is 2.24. The second-order valence-corrected chi connectivity index (χ2v) is 6.31. The molecular weight excluding hydrogens is 295 g/mol. The van der Waals surface area contributed by atoms with Crippen molar-refractivity contribution in [1.29, 1.82) is 0 Å². The zero-order valence-corrected chi connectivity index (χ0v) is 13.3. The van der Waals surface area contributed by atoms with Gasteiger partial charge in [0.15, 0.2) is 0 Å². The number of amides is 1. The number of nitrogens with one attached hydrogen (secondary N) is 1. The van der Waals surface area contributed by atoms with E-state index in [0.717, 1.165) is 25.1 Å². The average molecular weight is 315 g/mol. The molecule has 0 aromatic heterocycles. The number of carbonyl (C=O) groups is 1. The predicted molar refractivity (Wildman–Crippen MR) is 83.1 cm³/mol. The van der Waals surface area contributed by atoms with Crippen molar-refractivity contribution in [2.45, 2.75) is 32.9 Å². The van der Waals surface area contributed by atoms with Crippen molar-refractivity contribution in [2.24, 2.45) is 5.92 Å². The highest BCUT2D eigenvalue weighted by molar-refractivity contribution is 6.42. The van der Waals surface area contributed by atoms with Crippen molar-refractivity contribution in [3.63, 3.8) is 0 Å². The molecule has 0 saturated carbocycles. The molecule has 1 aliphatic heterocycles. The molecule has 2 rings (SSSR count). The summed E-state index contributed by atoms with van der Waals surface area (Å²) < 4.78 is 0. The molecule has 1 aromatic carbocycles. The fraction of sp³-hybridized carbons (Fsp3) is 0.533. The van der Waals surface area contributed by atoms with E-state index in [1.54, 1.807) is 6.07 Å². The van der Waals surface area contributed by atoms with E-state index < -0.39 is 0 Å². The molecule has 1 N–H and O–H groups in total. The summed E-state index contributed by atoms with van der Waals surface area (Å²) in [5.41, 5.74) is 1.01. The van der Waals surface area contributed by atoms with E-state index in [1.165, 1.54) is 0 Å². The third kappa shape index (κ3) is 3.66. The topological polar surface area (TPSA) is 32.3 Å². The standard InChI is InChI=1S/C15H20Cl2N2O/c1-10(2)19(15(20)12-5-6-18-8-12)9-11-3-4-13(16)14(17)7-11/h3-4,7,10,12,18H,5-6,8-9H2,1-2H3. The third-order valence-corrected chi connectivity index (χ3v) is 4.39. The average Bonchev–Trinajstić information content (AvgIpc) is 2.93. The Balaban J connectivity index is 2.12. The van der Waals surface area contributed by atoms with Gasteiger partial charge in [0.2, 0.25) is 5.91 Å². The van der Waals surface area contributed by atoms with Crippen LogP contribution in [0.15, 0.2) is 18.2 Å². The fourth-order valence-electron chi connectivity index (χ4n) is 2.45. The number of hydrogen-bond acceptors (Lipinski definition) is 2. The number of halogens is 2. The normalized spacial score (nSPS) is 18.6. The lowest BCUT2D eigenvalue weighted by Crippen LogP contribution is -2.41. The first-order valence-electron chi connectivity index (χ1n) is 6.94. The van der Waals surface area contributed by atoms with Crippen LogP contribution in [0.4, 0.5) is 0 Å². The van der Waals surface area contributed by atoms with Crippen molar-refractivity contribution in [3.05, 3.63) is 33.8 Å². The smallest absolute Gasteiger partial charge is 0.227 e. The molecular formula is C15H20Cl2N2O. The molecule has 0 radical (unpaired) electrons. The number of benzene rings is 1. The van der Waals surface area contributed by atoms with Crippen LogP contribution in [-0.4, -0.2) is 29.9 Å². The molecule has 1 aromatic rings. The molecule has 1 unspecified atom stereocenters. The van der Waals surface area contributed by atoms with E-state index in [4.69, 9.17) is 23.2 Å². The minimum absolute atomic E-state index is 0.0974. The second-order valence-electron chi connectivity index (χ2n) is 5.50. The van der Waals surface area contributed by atoms with Gasteiger partial charge < -0.3 is 10.2 Å². The molecule has 1 saturated heterocycles. The van der Waals surface area contributed by atoms with Crippen molar-refractivity contribution < 1.29 is 4.79 Å². The third-order valence-electron chi connectivity index (χ3n) is 3.65. The molecule has 0 bridgehead atoms. The van der Waals surface area contributed by atoms with Crippen molar-refractivity contribution in [1.82, 2.24) is 10.2 Å². The minimum atomic E-state index is 0.0974. The molecule has 1 fully saturated rings. The van der Waals surface area contributed by atoms with Crippen LogP contribution in [0.2, 0.25) is 10.0 Å². The first kappa shape index (κ1) is 15.6. The monoisotopic (exact) mass is 314 g/mol. The van der Waals surface area contributed by atoms with Crippen LogP contribution in [0.25, 0.3) is 0 Å². The van der Waals surface area contributed by atoms with Crippen molar-refractivity contribution in [2.75, 3.05) is 13.1 Å². The highest BCUT2D eigenvalue weighted by Gasteiger charge is 2.28. The van der Waals surface area contributed by atoms with Crippen molar-refractivity contribution in [3.8, 4) is 0 Å². The van der Waals surface area contributed by atoms with Gasteiger partial charge in [-0.05, 0) is 44.5 Å². The van der Waals surface area contributed by atoms with E-state index in [-0.39, 0.29) is 17.9 Å². The Kier molecular flexibility index (Phi) is 5.30. The summed E-state index contributed by atoms with van der Waals surface area (Å²) in [7, 11) is 0. The van der Waals surface area contributed by atoms with Gasteiger partial charge in [0, 0.05) is 19.1 Å². The molecule has 0 spiro atoms. The maximum Gasteiger partial charge on any atom is 0.227 e. The Morgan fingerprint density at radius 2 is 2.15 bits per heavy atom. The molecule has 1 aliphatic rings. The number of nitrogens with zero attached hydrogens (tertiary/aromatic N) is 1. The van der Waals surface area contributed by atoms with Gasteiger partial charge in [-0.3, -0.25) is 4.79 Å². The lowest BCUT2D eigenvalue weighted by molar-refractivity contribution is -0.137. The van der Waals surface area contributed by atoms with Gasteiger partial charge in [0.1, 0.15) is 0 Å². The number of rotatable bonds is 4. The van der Waals surface area contributed by atoms with Gasteiger partial charge in [-0.25, -0.2) is 0 Å². The molecule has 110 valence electrons. The van der Waals surface area contributed by atoms with E-state index in [1.807, 2.05) is 30.9 Å². The van der Waals surface area contributed by atoms with Crippen LogP contribution in [-0.2, 0) is 11.3 Å². The Hall–Kier alpha value is -0.770. The zero-order chi connectivity index (χ0) is 14.7. The lowest BCUT2D eigenvalue weighted by atomic mass is 10.1. The summed E-state index contributed by atoms with van der Waals surface area (Å²) in [4.78, 5) is 14.5. The van der Waals surface area contributed by atoms with Crippen LogP contribution in [0.5, 0.6) is 0 Å². The number of carbonyl (C=O) groups excluding carboxylic acids is 1. The van der Waals surface area contributed by atoms with Crippen LogP contribution in [0.3, 0.4) is 0 Å². The number of hydrogen-bond donors (Lipinski definition) is 1. The minimum Gasteiger partial charge on any atom is -0.336 e. The zero-order valence-electron chi connectivity index (χ0n) is 11.8. The maximum atomic E-state index is 12.6. The second kappa shape index (κ2) is 6.79. The van der Waals surface area contributed by atoms with Crippen LogP contribution in [0.1, 0.15) is 25.8 Å². The Morgan fingerprint density at radius 3 is 2.70 bits per heavy atom. The van der Waals surface area contributed by atoms with Gasteiger partial charge >= 0.3 is 0 Å². The summed E-state index contributed by atoms with van der Waals surface area (Å²) in [6.45, 7) is 6.36. The molecule has 1 heterocycles. The highest BCUT2D eigenvalue weighted by atomic mass is 35.5. The summed E-state index contributed by atoms with van der Waals surface area (Å²) in [5, 5.41) is 4.31. The molecule has 0 aliphatic carbocycles. The van der Waals surface area contributed by atoms with Gasteiger partial charge in [-0.2, -0.15) is 0 Å². The van der Waals surface area contributed by atoms with Gasteiger partial charge in [-0.15, -0.1) is 0 Å². The molecule has 1 atom stereocenters. The van der Waals surface area contributed by atoms with Crippen molar-refractivity contribution >= 4 is 29.1 Å². The van der Waals surface area contributed by atoms with E-state index in [2.05, 4.69) is 5.32 Å². The lowest BCUT2D eigenvalue weighted by Gasteiger charge is -2.29. The van der Waals surface area contributed by atoms with Crippen LogP contribution >= 0.6 is 23.2 Å². The summed E-state index contributed by atoms with van der Waals surface area (Å²) >= 11 is 12.0. The Labute approximate surface area is 130 Å². The van der Waals surface area contributed by atoms with Crippen LogP contribution in [0, 0.1) is 5.92 Å². The quantitative estimate of drug-likeness (QED) is 0.924. The predicted octanol–water partition coefficient (Wildman–Crippen LogP) is 3.34. The summed E-state index contributed by atoms with van der Waals surface area (Å²) in [6, 6.07) is 5.69. The largest absolute Gasteiger partial charge is 0.336 e. The first-order valence-corrected chi connectivity index (χ1v) is 7.69. The Morgan fingerprint density at radius 1 is 1.40 bits per heavy atom. The van der Waals surface area contributed by atoms with Gasteiger partial charge in [-0.1, -0.05) is 29.3 Å². The van der Waals surface area contributed by atoms with E-state index >= 15 is 0 Å². The van der Waals surface area contributed by atoms with Crippen LogP contribution < -0.4 is 5.32 Å². The van der Waals surface area contributed by atoms with Gasteiger partial charge in [0.25, 0.3) is 0 Å². The first-order chi connectivity index (χ1) is 9.49. The maximum absolute atomic E-state index is 12.6.